The highest BCUT2D eigenvalue weighted by atomic mass is 35.5. The van der Waals surface area contributed by atoms with E-state index in [0.29, 0.717) is 17.3 Å². The SMILES string of the molecule is CCC[C@@H](Cl)C(=O)O[C@H]1CC[C@@]2(C)C(=CC[C@@H]3[C@H]4CC[C@@H]([C@@H](C)CCCC(C)C)[C@@]4(C)CC[C@H]32)C1. The zero-order valence-electron chi connectivity index (χ0n) is 23.6. The van der Waals surface area contributed by atoms with Crippen molar-refractivity contribution in [3.8, 4) is 0 Å². The fraction of sp³-hybridized carbons (Fsp3) is 0.906. The van der Waals surface area contributed by atoms with E-state index in [0.717, 1.165) is 61.2 Å². The second-order valence-electron chi connectivity index (χ2n) is 13.8. The molecule has 0 aliphatic heterocycles. The lowest BCUT2D eigenvalue weighted by Gasteiger charge is -2.58. The van der Waals surface area contributed by atoms with E-state index in [2.05, 4.69) is 47.6 Å². The summed E-state index contributed by atoms with van der Waals surface area (Å²) in [6.07, 6.45) is 18.5. The van der Waals surface area contributed by atoms with Crippen LogP contribution in [0.3, 0.4) is 0 Å². The number of hydrogen-bond acceptors (Lipinski definition) is 2. The van der Waals surface area contributed by atoms with Gasteiger partial charge in [0.1, 0.15) is 11.5 Å². The first kappa shape index (κ1) is 27.5. The molecule has 0 spiro atoms. The molecule has 4 aliphatic rings. The summed E-state index contributed by atoms with van der Waals surface area (Å²) in [5, 5.41) is -0.489. The lowest BCUT2D eigenvalue weighted by molar-refractivity contribution is -0.151. The maximum atomic E-state index is 12.4. The quantitative estimate of drug-likeness (QED) is 0.177. The maximum Gasteiger partial charge on any atom is 0.324 e. The molecule has 0 heterocycles. The molecular formula is C32H53ClO2. The maximum absolute atomic E-state index is 12.4. The molecule has 9 atom stereocenters. The fourth-order valence-electron chi connectivity index (χ4n) is 9.36. The first-order chi connectivity index (χ1) is 16.6. The molecule has 200 valence electrons. The number of hydrogen-bond donors (Lipinski definition) is 0. The summed E-state index contributed by atoms with van der Waals surface area (Å²) in [4.78, 5) is 12.4. The van der Waals surface area contributed by atoms with Crippen molar-refractivity contribution in [3.63, 3.8) is 0 Å². The predicted octanol–water partition coefficient (Wildman–Crippen LogP) is 9.35. The summed E-state index contributed by atoms with van der Waals surface area (Å²) in [5.41, 5.74) is 2.43. The molecule has 35 heavy (non-hydrogen) atoms. The molecule has 3 saturated carbocycles. The Balaban J connectivity index is 1.42. The first-order valence-corrected chi connectivity index (χ1v) is 15.6. The van der Waals surface area contributed by atoms with Crippen LogP contribution in [-0.4, -0.2) is 17.5 Å². The van der Waals surface area contributed by atoms with Crippen LogP contribution in [0.2, 0.25) is 0 Å². The highest BCUT2D eigenvalue weighted by Gasteiger charge is 2.59. The summed E-state index contributed by atoms with van der Waals surface area (Å²) in [5.74, 6) is 4.98. The van der Waals surface area contributed by atoms with Gasteiger partial charge in [-0.25, -0.2) is 0 Å². The van der Waals surface area contributed by atoms with Gasteiger partial charge in [-0.1, -0.05) is 78.9 Å². The van der Waals surface area contributed by atoms with Crippen LogP contribution >= 0.6 is 11.6 Å². The molecule has 4 aliphatic carbocycles. The van der Waals surface area contributed by atoms with Crippen molar-refractivity contribution >= 4 is 17.6 Å². The van der Waals surface area contributed by atoms with Crippen LogP contribution < -0.4 is 0 Å². The Hall–Kier alpha value is -0.500. The molecule has 2 nitrogen and oxygen atoms in total. The van der Waals surface area contributed by atoms with Crippen LogP contribution in [0.15, 0.2) is 11.6 Å². The third-order valence-electron chi connectivity index (χ3n) is 11.3. The lowest BCUT2D eigenvalue weighted by atomic mass is 9.47. The molecule has 3 heteroatoms. The Kier molecular flexibility index (Phi) is 8.72. The molecule has 0 saturated heterocycles. The third kappa shape index (κ3) is 5.39. The minimum Gasteiger partial charge on any atom is -0.461 e. The Morgan fingerprint density at radius 1 is 1.06 bits per heavy atom. The Morgan fingerprint density at radius 2 is 1.83 bits per heavy atom. The molecule has 0 bridgehead atoms. The monoisotopic (exact) mass is 504 g/mol. The average Bonchev–Trinajstić information content (AvgIpc) is 3.16. The fourth-order valence-corrected chi connectivity index (χ4v) is 9.63. The van der Waals surface area contributed by atoms with Gasteiger partial charge in [0, 0.05) is 6.42 Å². The van der Waals surface area contributed by atoms with Gasteiger partial charge in [0.05, 0.1) is 0 Å². The van der Waals surface area contributed by atoms with Crippen molar-refractivity contribution in [3.05, 3.63) is 11.6 Å². The van der Waals surface area contributed by atoms with Gasteiger partial charge in [-0.15, -0.1) is 11.6 Å². The van der Waals surface area contributed by atoms with Gasteiger partial charge in [-0.05, 0) is 97.7 Å². The van der Waals surface area contributed by atoms with Crippen LogP contribution in [0, 0.1) is 46.3 Å². The Labute approximate surface area is 221 Å². The third-order valence-corrected chi connectivity index (χ3v) is 11.7. The number of fused-ring (bicyclic) bond motifs is 5. The molecule has 0 aromatic carbocycles. The summed E-state index contributed by atoms with van der Waals surface area (Å²) in [7, 11) is 0. The van der Waals surface area contributed by atoms with E-state index in [4.69, 9.17) is 16.3 Å². The average molecular weight is 505 g/mol. The summed E-state index contributed by atoms with van der Waals surface area (Å²) < 4.78 is 5.90. The zero-order valence-corrected chi connectivity index (χ0v) is 24.3. The van der Waals surface area contributed by atoms with Crippen LogP contribution in [-0.2, 0) is 9.53 Å². The van der Waals surface area contributed by atoms with E-state index in [1.54, 1.807) is 5.57 Å². The van der Waals surface area contributed by atoms with Gasteiger partial charge in [0.2, 0.25) is 0 Å². The van der Waals surface area contributed by atoms with Gasteiger partial charge in [0.25, 0.3) is 0 Å². The molecule has 0 radical (unpaired) electrons. The smallest absolute Gasteiger partial charge is 0.324 e. The number of carbonyl (C=O) groups excluding carboxylic acids is 1. The van der Waals surface area contributed by atoms with E-state index in [-0.39, 0.29) is 12.1 Å². The molecular weight excluding hydrogens is 452 g/mol. The van der Waals surface area contributed by atoms with Gasteiger partial charge < -0.3 is 4.74 Å². The number of allylic oxidation sites excluding steroid dienone is 1. The lowest BCUT2D eigenvalue weighted by Crippen LogP contribution is -2.51. The Morgan fingerprint density at radius 3 is 2.54 bits per heavy atom. The van der Waals surface area contributed by atoms with Crippen molar-refractivity contribution in [2.75, 3.05) is 0 Å². The van der Waals surface area contributed by atoms with E-state index < -0.39 is 5.38 Å². The minimum atomic E-state index is -0.489. The molecule has 3 fully saturated rings. The van der Waals surface area contributed by atoms with Crippen molar-refractivity contribution in [2.24, 2.45) is 46.3 Å². The number of alkyl halides is 1. The van der Waals surface area contributed by atoms with Gasteiger partial charge >= 0.3 is 5.97 Å². The van der Waals surface area contributed by atoms with Crippen LogP contribution in [0.1, 0.15) is 125 Å². The molecule has 4 rings (SSSR count). The second-order valence-corrected chi connectivity index (χ2v) is 14.4. The van der Waals surface area contributed by atoms with E-state index >= 15 is 0 Å². The molecule has 0 aromatic heterocycles. The largest absolute Gasteiger partial charge is 0.461 e. The normalized spacial score (nSPS) is 40.3. The van der Waals surface area contributed by atoms with Crippen molar-refractivity contribution in [2.45, 2.75) is 136 Å². The second kappa shape index (κ2) is 11.1. The van der Waals surface area contributed by atoms with Crippen LogP contribution in [0.25, 0.3) is 0 Å². The standard InChI is InChI=1S/C32H53ClO2/c1-7-9-29(33)30(34)35-24-16-18-31(5)23(20-24)12-13-25-27-15-14-26(22(4)11-8-10-21(2)3)32(27,6)19-17-28(25)31/h12,21-22,24-29H,7-11,13-20H2,1-6H3/t22-,24-,25+,26-,27+,28+,29+,31-,32+/m0/s1. The summed E-state index contributed by atoms with van der Waals surface area (Å²) in [6, 6.07) is 0. The summed E-state index contributed by atoms with van der Waals surface area (Å²) in [6.45, 7) is 14.6. The van der Waals surface area contributed by atoms with Crippen molar-refractivity contribution < 1.29 is 9.53 Å². The highest BCUT2D eigenvalue weighted by molar-refractivity contribution is 6.29. The van der Waals surface area contributed by atoms with E-state index in [1.165, 1.54) is 51.4 Å². The number of ether oxygens (including phenoxy) is 1. The number of halogens is 1. The van der Waals surface area contributed by atoms with Crippen molar-refractivity contribution in [1.29, 1.82) is 0 Å². The zero-order chi connectivity index (χ0) is 25.4. The van der Waals surface area contributed by atoms with E-state index in [1.807, 2.05) is 0 Å². The number of rotatable bonds is 9. The topological polar surface area (TPSA) is 26.3 Å². The van der Waals surface area contributed by atoms with Gasteiger partial charge in [0.15, 0.2) is 0 Å². The Bertz CT molecular complexity index is 774. The first-order valence-electron chi connectivity index (χ1n) is 15.1. The number of carbonyl (C=O) groups is 1. The van der Waals surface area contributed by atoms with Gasteiger partial charge in [-0.3, -0.25) is 4.79 Å². The van der Waals surface area contributed by atoms with E-state index in [9.17, 15) is 4.79 Å². The molecule has 0 N–H and O–H groups in total. The number of esters is 1. The molecule has 0 unspecified atom stereocenters. The molecule has 0 aromatic rings. The molecule has 0 amide bonds. The van der Waals surface area contributed by atoms with Crippen LogP contribution in [0.5, 0.6) is 0 Å². The van der Waals surface area contributed by atoms with Gasteiger partial charge in [-0.2, -0.15) is 0 Å². The summed E-state index contributed by atoms with van der Waals surface area (Å²) >= 11 is 6.26. The predicted molar refractivity (Wildman–Crippen MR) is 147 cm³/mol. The van der Waals surface area contributed by atoms with Crippen LogP contribution in [0.4, 0.5) is 0 Å². The van der Waals surface area contributed by atoms with Crippen molar-refractivity contribution in [1.82, 2.24) is 0 Å². The minimum absolute atomic E-state index is 0.0212. The highest BCUT2D eigenvalue weighted by Crippen LogP contribution is 2.67.